The van der Waals surface area contributed by atoms with E-state index >= 15 is 0 Å². The number of carbonyl (C=O) groups is 1. The number of para-hydroxylation sites is 2. The lowest BCUT2D eigenvalue weighted by atomic mass is 9.97. The molecule has 2 aliphatic heterocycles. The minimum Gasteiger partial charge on any atom is -0.440 e. The van der Waals surface area contributed by atoms with Crippen LogP contribution in [0.2, 0.25) is 0 Å². The van der Waals surface area contributed by atoms with Crippen LogP contribution in [0.5, 0.6) is 0 Å². The number of benzene rings is 1. The lowest BCUT2D eigenvalue weighted by molar-refractivity contribution is -0.137. The molecule has 2 fully saturated rings. The van der Waals surface area contributed by atoms with Crippen LogP contribution in [0, 0.1) is 0 Å². The third-order valence-electron chi connectivity index (χ3n) is 5.55. The van der Waals surface area contributed by atoms with Crippen molar-refractivity contribution in [1.82, 2.24) is 14.8 Å². The number of piperidine rings is 1. The number of rotatable bonds is 4. The summed E-state index contributed by atoms with van der Waals surface area (Å²) in [6.07, 6.45) is 5.31. The Bertz CT molecular complexity index is 708. The van der Waals surface area contributed by atoms with Crippen LogP contribution < -0.4 is 0 Å². The average molecular weight is 341 g/mol. The lowest BCUT2D eigenvalue weighted by Crippen LogP contribution is -2.49. The van der Waals surface area contributed by atoms with E-state index in [9.17, 15) is 4.79 Å². The SMILES string of the molecule is CCCN1CCC[C@@H]1C(=O)N1CCC[C@@H](c2nc3ccccc3o2)C1. The van der Waals surface area contributed by atoms with Gasteiger partial charge in [-0.1, -0.05) is 19.1 Å². The number of fused-ring (bicyclic) bond motifs is 1. The molecule has 1 aromatic heterocycles. The zero-order chi connectivity index (χ0) is 17.2. The van der Waals surface area contributed by atoms with Crippen LogP contribution in [-0.4, -0.2) is 52.9 Å². The summed E-state index contributed by atoms with van der Waals surface area (Å²) in [5.41, 5.74) is 1.75. The largest absolute Gasteiger partial charge is 0.440 e. The van der Waals surface area contributed by atoms with Crippen molar-refractivity contribution in [2.24, 2.45) is 0 Å². The Balaban J connectivity index is 1.47. The molecule has 0 N–H and O–H groups in total. The molecule has 0 unspecified atom stereocenters. The highest BCUT2D eigenvalue weighted by atomic mass is 16.3. The monoisotopic (exact) mass is 341 g/mol. The van der Waals surface area contributed by atoms with Gasteiger partial charge in [0.2, 0.25) is 5.91 Å². The first-order chi connectivity index (χ1) is 12.3. The van der Waals surface area contributed by atoms with E-state index in [1.165, 1.54) is 0 Å². The van der Waals surface area contributed by atoms with Crippen LogP contribution in [0.3, 0.4) is 0 Å². The van der Waals surface area contributed by atoms with Crippen LogP contribution in [0.25, 0.3) is 11.1 Å². The number of hydrogen-bond acceptors (Lipinski definition) is 4. The summed E-state index contributed by atoms with van der Waals surface area (Å²) in [7, 11) is 0. The molecule has 0 bridgehead atoms. The molecule has 134 valence electrons. The Morgan fingerprint density at radius 2 is 2.08 bits per heavy atom. The summed E-state index contributed by atoms with van der Waals surface area (Å²) in [6.45, 7) is 5.88. The third kappa shape index (κ3) is 3.30. The van der Waals surface area contributed by atoms with E-state index in [0.29, 0.717) is 5.91 Å². The molecule has 0 saturated carbocycles. The molecule has 2 aromatic rings. The summed E-state index contributed by atoms with van der Waals surface area (Å²) in [4.78, 5) is 22.1. The zero-order valence-electron chi connectivity index (χ0n) is 15.0. The van der Waals surface area contributed by atoms with Crippen molar-refractivity contribution in [3.63, 3.8) is 0 Å². The van der Waals surface area contributed by atoms with Crippen molar-refractivity contribution in [2.75, 3.05) is 26.2 Å². The summed E-state index contributed by atoms with van der Waals surface area (Å²) in [6, 6.07) is 7.97. The summed E-state index contributed by atoms with van der Waals surface area (Å²) in [5, 5.41) is 0. The molecule has 2 atom stereocenters. The number of aromatic nitrogens is 1. The fourth-order valence-corrected chi connectivity index (χ4v) is 4.31. The highest BCUT2D eigenvalue weighted by Crippen LogP contribution is 2.30. The molecule has 2 saturated heterocycles. The molecule has 2 aliphatic rings. The Labute approximate surface area is 149 Å². The van der Waals surface area contributed by atoms with Crippen molar-refractivity contribution in [3.8, 4) is 0 Å². The maximum atomic E-state index is 13.1. The number of nitrogens with zero attached hydrogens (tertiary/aromatic N) is 3. The van der Waals surface area contributed by atoms with Crippen LogP contribution >= 0.6 is 0 Å². The van der Waals surface area contributed by atoms with E-state index in [4.69, 9.17) is 4.42 Å². The number of likely N-dealkylation sites (tertiary alicyclic amines) is 2. The maximum Gasteiger partial charge on any atom is 0.239 e. The Morgan fingerprint density at radius 1 is 1.24 bits per heavy atom. The fourth-order valence-electron chi connectivity index (χ4n) is 4.31. The number of oxazole rings is 1. The summed E-state index contributed by atoms with van der Waals surface area (Å²) < 4.78 is 5.96. The molecular weight excluding hydrogens is 314 g/mol. The van der Waals surface area contributed by atoms with Crippen LogP contribution in [-0.2, 0) is 4.79 Å². The number of carbonyl (C=O) groups excluding carboxylic acids is 1. The van der Waals surface area contributed by atoms with Gasteiger partial charge in [0.1, 0.15) is 5.52 Å². The van der Waals surface area contributed by atoms with Gasteiger partial charge >= 0.3 is 0 Å². The van der Waals surface area contributed by atoms with Gasteiger partial charge < -0.3 is 9.32 Å². The maximum absolute atomic E-state index is 13.1. The molecule has 0 aliphatic carbocycles. The normalized spacial score (nSPS) is 24.9. The van der Waals surface area contributed by atoms with E-state index in [1.807, 2.05) is 24.3 Å². The van der Waals surface area contributed by atoms with Crippen LogP contribution in [0.1, 0.15) is 50.8 Å². The number of amides is 1. The average Bonchev–Trinajstić information content (AvgIpc) is 3.28. The molecule has 3 heterocycles. The molecular formula is C20H27N3O2. The van der Waals surface area contributed by atoms with Gasteiger partial charge in [0, 0.05) is 13.1 Å². The highest BCUT2D eigenvalue weighted by Gasteiger charge is 2.36. The van der Waals surface area contributed by atoms with Crippen molar-refractivity contribution in [2.45, 2.75) is 51.0 Å². The third-order valence-corrected chi connectivity index (χ3v) is 5.55. The van der Waals surface area contributed by atoms with E-state index in [2.05, 4.69) is 21.7 Å². The first-order valence-corrected chi connectivity index (χ1v) is 9.64. The molecule has 5 nitrogen and oxygen atoms in total. The van der Waals surface area contributed by atoms with Crippen molar-refractivity contribution >= 4 is 17.0 Å². The van der Waals surface area contributed by atoms with E-state index < -0.39 is 0 Å². The van der Waals surface area contributed by atoms with Gasteiger partial charge in [-0.25, -0.2) is 4.98 Å². The second-order valence-corrected chi connectivity index (χ2v) is 7.34. The molecule has 1 amide bonds. The van der Waals surface area contributed by atoms with Crippen molar-refractivity contribution in [1.29, 1.82) is 0 Å². The summed E-state index contributed by atoms with van der Waals surface area (Å²) >= 11 is 0. The second kappa shape index (κ2) is 7.16. The molecule has 5 heteroatoms. The molecule has 0 radical (unpaired) electrons. The standard InChI is InChI=1S/C20H27N3O2/c1-2-11-22-12-6-9-17(22)20(24)23-13-5-7-15(14-23)19-21-16-8-3-4-10-18(16)25-19/h3-4,8,10,15,17H,2,5-7,9,11-14H2,1H3/t15-,17-/m1/s1. The van der Waals surface area contributed by atoms with Gasteiger partial charge in [0.15, 0.2) is 11.5 Å². The topological polar surface area (TPSA) is 49.6 Å². The molecule has 1 aromatic carbocycles. The Morgan fingerprint density at radius 3 is 2.92 bits per heavy atom. The van der Waals surface area contributed by atoms with Crippen LogP contribution in [0.4, 0.5) is 0 Å². The van der Waals surface area contributed by atoms with Gasteiger partial charge in [-0.05, 0) is 57.3 Å². The van der Waals surface area contributed by atoms with E-state index in [-0.39, 0.29) is 12.0 Å². The minimum atomic E-state index is 0.0855. The number of hydrogen-bond donors (Lipinski definition) is 0. The fraction of sp³-hybridized carbons (Fsp3) is 0.600. The zero-order valence-corrected chi connectivity index (χ0v) is 15.0. The smallest absolute Gasteiger partial charge is 0.239 e. The van der Waals surface area contributed by atoms with Gasteiger partial charge in [-0.15, -0.1) is 0 Å². The van der Waals surface area contributed by atoms with Crippen molar-refractivity contribution in [3.05, 3.63) is 30.2 Å². The molecule has 0 spiro atoms. The molecule has 25 heavy (non-hydrogen) atoms. The van der Waals surface area contributed by atoms with Gasteiger partial charge in [0.25, 0.3) is 0 Å². The first-order valence-electron chi connectivity index (χ1n) is 9.64. The van der Waals surface area contributed by atoms with E-state index in [1.54, 1.807) is 0 Å². The van der Waals surface area contributed by atoms with Gasteiger partial charge in [0.05, 0.1) is 12.0 Å². The quantitative estimate of drug-likeness (QED) is 0.855. The van der Waals surface area contributed by atoms with E-state index in [0.717, 1.165) is 75.3 Å². The highest BCUT2D eigenvalue weighted by molar-refractivity contribution is 5.82. The predicted molar refractivity (Wildman–Crippen MR) is 97.5 cm³/mol. The Hall–Kier alpha value is -1.88. The first kappa shape index (κ1) is 16.6. The van der Waals surface area contributed by atoms with Crippen molar-refractivity contribution < 1.29 is 9.21 Å². The Kier molecular flexibility index (Phi) is 4.75. The predicted octanol–water partition coefficient (Wildman–Crippen LogP) is 3.41. The second-order valence-electron chi connectivity index (χ2n) is 7.34. The lowest BCUT2D eigenvalue weighted by Gasteiger charge is -2.35. The molecule has 4 rings (SSSR count). The summed E-state index contributed by atoms with van der Waals surface area (Å²) in [5.74, 6) is 1.31. The van der Waals surface area contributed by atoms with Crippen LogP contribution in [0.15, 0.2) is 28.7 Å². The van der Waals surface area contributed by atoms with Gasteiger partial charge in [-0.2, -0.15) is 0 Å². The van der Waals surface area contributed by atoms with Gasteiger partial charge in [-0.3, -0.25) is 9.69 Å². The minimum absolute atomic E-state index is 0.0855.